The van der Waals surface area contributed by atoms with Crippen LogP contribution in [0.2, 0.25) is 0 Å². The lowest BCUT2D eigenvalue weighted by molar-refractivity contribution is 0.0919. The van der Waals surface area contributed by atoms with Crippen molar-refractivity contribution in [1.82, 2.24) is 10.2 Å². The highest BCUT2D eigenvalue weighted by molar-refractivity contribution is 5.94. The van der Waals surface area contributed by atoms with E-state index in [1.807, 2.05) is 48.5 Å². The van der Waals surface area contributed by atoms with E-state index in [0.717, 1.165) is 18.5 Å². The fourth-order valence-corrected chi connectivity index (χ4v) is 2.81. The van der Waals surface area contributed by atoms with Gasteiger partial charge in [0.05, 0.1) is 0 Å². The molecule has 1 aliphatic rings. The van der Waals surface area contributed by atoms with Crippen molar-refractivity contribution in [3.63, 3.8) is 0 Å². The van der Waals surface area contributed by atoms with Crippen molar-refractivity contribution in [2.45, 2.75) is 18.9 Å². The minimum Gasteiger partial charge on any atom is -0.349 e. The van der Waals surface area contributed by atoms with Crippen LogP contribution in [0, 0.1) is 0 Å². The third-order valence-corrected chi connectivity index (χ3v) is 4.18. The lowest BCUT2D eigenvalue weighted by atomic mass is 10.0. The number of urea groups is 1. The number of para-hydroxylation sites is 1. The average molecular weight is 323 g/mol. The van der Waals surface area contributed by atoms with Crippen LogP contribution in [0.25, 0.3) is 0 Å². The molecular weight excluding hydrogens is 302 g/mol. The highest BCUT2D eigenvalue weighted by atomic mass is 16.2. The van der Waals surface area contributed by atoms with Gasteiger partial charge in [-0.15, -0.1) is 0 Å². The first-order chi connectivity index (χ1) is 11.7. The Hall–Kier alpha value is -2.82. The molecule has 0 spiro atoms. The number of nitrogens with zero attached hydrogens (tertiary/aromatic N) is 1. The quantitative estimate of drug-likeness (QED) is 0.912. The molecule has 1 fully saturated rings. The standard InChI is InChI=1S/C19H21N3O2/c23-18(15-7-3-1-4-8-15)20-17-11-13-22(14-12-17)19(24)21-16-9-5-2-6-10-16/h1-10,17H,11-14H2,(H,20,23)(H,21,24). The molecule has 3 rings (SSSR count). The predicted molar refractivity (Wildman–Crippen MR) is 94.0 cm³/mol. The molecular formula is C19H21N3O2. The Labute approximate surface area is 141 Å². The number of nitrogens with one attached hydrogen (secondary N) is 2. The number of hydrogen-bond donors (Lipinski definition) is 2. The van der Waals surface area contributed by atoms with E-state index in [1.54, 1.807) is 17.0 Å². The van der Waals surface area contributed by atoms with Gasteiger partial charge in [0.2, 0.25) is 0 Å². The van der Waals surface area contributed by atoms with E-state index in [1.165, 1.54) is 0 Å². The normalized spacial score (nSPS) is 14.9. The van der Waals surface area contributed by atoms with Crippen molar-refractivity contribution >= 4 is 17.6 Å². The molecule has 24 heavy (non-hydrogen) atoms. The van der Waals surface area contributed by atoms with Crippen molar-refractivity contribution in [1.29, 1.82) is 0 Å². The molecule has 1 heterocycles. The number of piperidine rings is 1. The summed E-state index contributed by atoms with van der Waals surface area (Å²) in [4.78, 5) is 26.2. The van der Waals surface area contributed by atoms with E-state index in [-0.39, 0.29) is 18.0 Å². The van der Waals surface area contributed by atoms with E-state index < -0.39 is 0 Å². The number of benzene rings is 2. The number of rotatable bonds is 3. The Morgan fingerprint density at radius 1 is 0.875 bits per heavy atom. The van der Waals surface area contributed by atoms with Gasteiger partial charge in [-0.05, 0) is 37.1 Å². The minimum absolute atomic E-state index is 0.0530. The van der Waals surface area contributed by atoms with Crippen LogP contribution >= 0.6 is 0 Å². The van der Waals surface area contributed by atoms with Crippen LogP contribution in [0.3, 0.4) is 0 Å². The molecule has 2 aromatic rings. The first kappa shape index (κ1) is 16.1. The molecule has 2 N–H and O–H groups in total. The third-order valence-electron chi connectivity index (χ3n) is 4.18. The largest absolute Gasteiger partial charge is 0.349 e. The van der Waals surface area contributed by atoms with E-state index in [4.69, 9.17) is 0 Å². The van der Waals surface area contributed by atoms with Crippen molar-refractivity contribution in [3.05, 3.63) is 66.2 Å². The van der Waals surface area contributed by atoms with E-state index in [2.05, 4.69) is 10.6 Å². The lowest BCUT2D eigenvalue weighted by Crippen LogP contribution is -2.47. The van der Waals surface area contributed by atoms with Gasteiger partial charge >= 0.3 is 6.03 Å². The molecule has 5 heteroatoms. The topological polar surface area (TPSA) is 61.4 Å². The van der Waals surface area contributed by atoms with Crippen LogP contribution in [-0.2, 0) is 0 Å². The van der Waals surface area contributed by atoms with Crippen LogP contribution < -0.4 is 10.6 Å². The lowest BCUT2D eigenvalue weighted by Gasteiger charge is -2.32. The number of hydrogen-bond acceptors (Lipinski definition) is 2. The fourth-order valence-electron chi connectivity index (χ4n) is 2.81. The maximum atomic E-state index is 12.2. The van der Waals surface area contributed by atoms with E-state index >= 15 is 0 Å². The first-order valence-electron chi connectivity index (χ1n) is 8.19. The van der Waals surface area contributed by atoms with Crippen molar-refractivity contribution in [2.75, 3.05) is 18.4 Å². The monoisotopic (exact) mass is 323 g/mol. The summed E-state index contributed by atoms with van der Waals surface area (Å²) in [6.07, 6.45) is 1.53. The molecule has 0 saturated carbocycles. The van der Waals surface area contributed by atoms with Gasteiger partial charge in [-0.2, -0.15) is 0 Å². The van der Waals surface area contributed by atoms with Crippen molar-refractivity contribution in [3.8, 4) is 0 Å². The molecule has 0 aliphatic carbocycles. The molecule has 1 aliphatic heterocycles. The summed E-state index contributed by atoms with van der Waals surface area (Å²) >= 11 is 0. The average Bonchev–Trinajstić information content (AvgIpc) is 2.64. The maximum Gasteiger partial charge on any atom is 0.321 e. The Bertz CT molecular complexity index is 680. The number of amides is 3. The highest BCUT2D eigenvalue weighted by Crippen LogP contribution is 2.14. The van der Waals surface area contributed by atoms with Gasteiger partial charge in [0.1, 0.15) is 0 Å². The number of carbonyl (C=O) groups excluding carboxylic acids is 2. The summed E-state index contributed by atoms with van der Waals surface area (Å²) in [5.41, 5.74) is 1.46. The fraction of sp³-hybridized carbons (Fsp3) is 0.263. The highest BCUT2D eigenvalue weighted by Gasteiger charge is 2.24. The number of likely N-dealkylation sites (tertiary alicyclic amines) is 1. The summed E-state index contributed by atoms with van der Waals surface area (Å²) < 4.78 is 0. The van der Waals surface area contributed by atoms with Gasteiger partial charge in [0, 0.05) is 30.4 Å². The zero-order valence-corrected chi connectivity index (χ0v) is 13.4. The molecule has 0 atom stereocenters. The molecule has 0 unspecified atom stereocenters. The van der Waals surface area contributed by atoms with Crippen LogP contribution in [0.15, 0.2) is 60.7 Å². The second-order valence-electron chi connectivity index (χ2n) is 5.90. The van der Waals surface area contributed by atoms with Gasteiger partial charge in [-0.25, -0.2) is 4.79 Å². The Balaban J connectivity index is 1.47. The Morgan fingerprint density at radius 2 is 1.46 bits per heavy atom. The molecule has 5 nitrogen and oxygen atoms in total. The summed E-state index contributed by atoms with van der Waals surface area (Å²) in [7, 11) is 0. The Morgan fingerprint density at radius 3 is 2.08 bits per heavy atom. The molecule has 0 bridgehead atoms. The summed E-state index contributed by atoms with van der Waals surface area (Å²) in [5.74, 6) is -0.0530. The molecule has 3 amide bonds. The van der Waals surface area contributed by atoms with Gasteiger partial charge in [-0.3, -0.25) is 4.79 Å². The predicted octanol–water partition coefficient (Wildman–Crippen LogP) is 3.11. The van der Waals surface area contributed by atoms with Crippen LogP contribution in [0.5, 0.6) is 0 Å². The third kappa shape index (κ3) is 4.13. The smallest absolute Gasteiger partial charge is 0.321 e. The van der Waals surface area contributed by atoms with Gasteiger partial charge in [-0.1, -0.05) is 36.4 Å². The van der Waals surface area contributed by atoms with Gasteiger partial charge in [0.15, 0.2) is 0 Å². The number of anilines is 1. The summed E-state index contributed by atoms with van der Waals surface area (Å²) in [5, 5.41) is 5.94. The van der Waals surface area contributed by atoms with E-state index in [0.29, 0.717) is 18.7 Å². The second kappa shape index (κ2) is 7.64. The van der Waals surface area contributed by atoms with Crippen molar-refractivity contribution in [2.24, 2.45) is 0 Å². The van der Waals surface area contributed by atoms with Crippen LogP contribution in [0.4, 0.5) is 10.5 Å². The summed E-state index contributed by atoms with van der Waals surface area (Å²) in [6.45, 7) is 1.27. The van der Waals surface area contributed by atoms with Gasteiger partial charge < -0.3 is 15.5 Å². The zero-order chi connectivity index (χ0) is 16.8. The molecule has 0 radical (unpaired) electrons. The maximum absolute atomic E-state index is 12.2. The first-order valence-corrected chi connectivity index (χ1v) is 8.19. The zero-order valence-electron chi connectivity index (χ0n) is 13.4. The van der Waals surface area contributed by atoms with Crippen LogP contribution in [-0.4, -0.2) is 36.0 Å². The number of carbonyl (C=O) groups is 2. The molecule has 0 aromatic heterocycles. The Kier molecular flexibility index (Phi) is 5.11. The van der Waals surface area contributed by atoms with Crippen molar-refractivity contribution < 1.29 is 9.59 Å². The van der Waals surface area contributed by atoms with Crippen LogP contribution in [0.1, 0.15) is 23.2 Å². The molecule has 1 saturated heterocycles. The van der Waals surface area contributed by atoms with Gasteiger partial charge in [0.25, 0.3) is 5.91 Å². The van der Waals surface area contributed by atoms with E-state index in [9.17, 15) is 9.59 Å². The summed E-state index contributed by atoms with van der Waals surface area (Å²) in [6, 6.07) is 18.6. The SMILES string of the molecule is O=C(NC1CCN(C(=O)Nc2ccccc2)CC1)c1ccccc1. The molecule has 2 aromatic carbocycles. The second-order valence-corrected chi connectivity index (χ2v) is 5.90. The molecule has 124 valence electrons. The minimum atomic E-state index is -0.0889.